The lowest BCUT2D eigenvalue weighted by Gasteiger charge is -2.38. The molecule has 0 saturated carbocycles. The Morgan fingerprint density at radius 1 is 1.17 bits per heavy atom. The van der Waals surface area contributed by atoms with Gasteiger partial charge in [0.2, 0.25) is 0 Å². The second kappa shape index (κ2) is 8.39. The van der Waals surface area contributed by atoms with E-state index in [1.807, 2.05) is 48.1 Å². The number of benzene rings is 2. The van der Waals surface area contributed by atoms with Gasteiger partial charge in [0, 0.05) is 55.2 Å². The number of aliphatic imine (C=N–C) groups is 1. The summed E-state index contributed by atoms with van der Waals surface area (Å²) >= 11 is 0. The molecule has 0 amide bonds. The molecule has 1 saturated heterocycles. The highest BCUT2D eigenvalue weighted by atomic mass is 16.5. The number of nitrogens with zero attached hydrogens (tertiary/aromatic N) is 5. The summed E-state index contributed by atoms with van der Waals surface area (Å²) in [4.78, 5) is 16.0. The number of hydrogen-bond acceptors (Lipinski definition) is 7. The highest BCUT2D eigenvalue weighted by Gasteiger charge is 2.29. The summed E-state index contributed by atoms with van der Waals surface area (Å²) in [7, 11) is 1.67. The Morgan fingerprint density at radius 2 is 2.09 bits per heavy atom. The third kappa shape index (κ3) is 4.10. The molecule has 0 bridgehead atoms. The number of imidazole rings is 1. The van der Waals surface area contributed by atoms with Gasteiger partial charge in [-0.05, 0) is 49.1 Å². The van der Waals surface area contributed by atoms with Gasteiger partial charge in [-0.1, -0.05) is 12.1 Å². The van der Waals surface area contributed by atoms with Crippen molar-refractivity contribution in [1.29, 1.82) is 0 Å². The number of β-amino-alcohol motifs (C(OH)–C–C–N with tert-alkyl or cyclic N) is 1. The zero-order valence-corrected chi connectivity index (χ0v) is 19.9. The summed E-state index contributed by atoms with van der Waals surface area (Å²) in [6.45, 7) is 4.08. The summed E-state index contributed by atoms with van der Waals surface area (Å²) in [5.41, 5.74) is 6.15. The number of anilines is 3. The van der Waals surface area contributed by atoms with Gasteiger partial charge in [0.1, 0.15) is 5.75 Å². The Bertz CT molecular complexity index is 1440. The number of rotatable bonds is 5. The summed E-state index contributed by atoms with van der Waals surface area (Å²) in [5.74, 6) is 1.42. The molecule has 1 atom stereocenters. The molecule has 2 aliphatic heterocycles. The van der Waals surface area contributed by atoms with Gasteiger partial charge >= 0.3 is 0 Å². The Hall–Kier alpha value is -3.91. The van der Waals surface area contributed by atoms with E-state index in [2.05, 4.69) is 38.4 Å². The second-order valence-electron chi connectivity index (χ2n) is 9.55. The fraction of sp³-hybridized carbons (Fsp3) is 0.296. The molecular formula is C27H28N6O2. The Kier molecular flexibility index (Phi) is 5.18. The van der Waals surface area contributed by atoms with E-state index in [4.69, 9.17) is 9.72 Å². The number of fused-ring (bicyclic) bond motifs is 2. The third-order valence-electron chi connectivity index (χ3n) is 6.76. The fourth-order valence-corrected chi connectivity index (χ4v) is 5.00. The third-order valence-corrected chi connectivity index (χ3v) is 6.76. The minimum atomic E-state index is -0.694. The molecule has 4 heterocycles. The predicted octanol–water partition coefficient (Wildman–Crippen LogP) is 4.43. The monoisotopic (exact) mass is 468 g/mol. The standard InChI is InChI=1S/C27H28N6O2/c1-27(34)8-3-10-33(17-27)23-7-6-21(13-24(23)35-2)30-25-26-29-9-11-32(26)16-22(31-25)18-4-5-19-14-28-15-20(19)12-18/h4-7,9,11-14,16,34H,3,8,10,15,17H2,1-2H3,(H,30,31). The van der Waals surface area contributed by atoms with Crippen LogP contribution in [0.25, 0.3) is 16.9 Å². The normalized spacial score (nSPS) is 19.2. The van der Waals surface area contributed by atoms with Gasteiger partial charge in [0.15, 0.2) is 11.5 Å². The average molecular weight is 469 g/mol. The van der Waals surface area contributed by atoms with E-state index < -0.39 is 5.60 Å². The predicted molar refractivity (Wildman–Crippen MR) is 138 cm³/mol. The maximum atomic E-state index is 10.6. The van der Waals surface area contributed by atoms with Crippen molar-refractivity contribution < 1.29 is 9.84 Å². The summed E-state index contributed by atoms with van der Waals surface area (Å²) in [6.07, 6.45) is 9.37. The fourth-order valence-electron chi connectivity index (χ4n) is 5.00. The highest BCUT2D eigenvalue weighted by molar-refractivity contribution is 5.86. The summed E-state index contributed by atoms with van der Waals surface area (Å²) in [5, 5.41) is 14.0. The van der Waals surface area contributed by atoms with Crippen LogP contribution in [0.15, 0.2) is 60.0 Å². The van der Waals surface area contributed by atoms with Crippen LogP contribution in [-0.2, 0) is 6.54 Å². The molecular weight excluding hydrogens is 440 g/mol. The van der Waals surface area contributed by atoms with Crippen molar-refractivity contribution in [1.82, 2.24) is 14.4 Å². The molecule has 2 aliphatic rings. The molecule has 0 aliphatic carbocycles. The average Bonchev–Trinajstić information content (AvgIpc) is 3.52. The molecule has 0 spiro atoms. The van der Waals surface area contributed by atoms with Crippen LogP contribution in [-0.4, -0.2) is 51.5 Å². The molecule has 8 heteroatoms. The first kappa shape index (κ1) is 21.6. The van der Waals surface area contributed by atoms with Crippen molar-refractivity contribution >= 4 is 29.1 Å². The maximum absolute atomic E-state index is 10.6. The van der Waals surface area contributed by atoms with Crippen LogP contribution >= 0.6 is 0 Å². The lowest BCUT2D eigenvalue weighted by molar-refractivity contribution is 0.0448. The topological polar surface area (TPSA) is 87.3 Å². The SMILES string of the molecule is COc1cc(Nc2nc(-c3ccc4c(c3)CN=C4)cn3ccnc23)ccc1N1CCCC(C)(O)C1. The zero-order valence-electron chi connectivity index (χ0n) is 19.9. The summed E-state index contributed by atoms with van der Waals surface area (Å²) < 4.78 is 7.72. The van der Waals surface area contributed by atoms with Crippen molar-refractivity contribution in [3.63, 3.8) is 0 Å². The number of aliphatic hydroxyl groups is 1. The Balaban J connectivity index is 1.34. The Morgan fingerprint density at radius 3 is 2.94 bits per heavy atom. The Labute approximate surface area is 203 Å². The van der Waals surface area contributed by atoms with Crippen LogP contribution in [0, 0.1) is 0 Å². The van der Waals surface area contributed by atoms with E-state index in [0.29, 0.717) is 18.9 Å². The molecule has 0 radical (unpaired) electrons. The minimum Gasteiger partial charge on any atom is -0.495 e. The molecule has 2 N–H and O–H groups in total. The quantitative estimate of drug-likeness (QED) is 0.451. The maximum Gasteiger partial charge on any atom is 0.180 e. The lowest BCUT2D eigenvalue weighted by atomic mass is 9.94. The first-order chi connectivity index (χ1) is 17.0. The van der Waals surface area contributed by atoms with Gasteiger partial charge in [-0.15, -0.1) is 0 Å². The summed E-state index contributed by atoms with van der Waals surface area (Å²) in [6, 6.07) is 12.4. The van der Waals surface area contributed by atoms with E-state index >= 15 is 0 Å². The molecule has 2 aromatic carbocycles. The van der Waals surface area contributed by atoms with Crippen molar-refractivity contribution in [2.24, 2.45) is 4.99 Å². The molecule has 2 aromatic heterocycles. The molecule has 4 aromatic rings. The van der Waals surface area contributed by atoms with E-state index in [1.165, 1.54) is 11.1 Å². The lowest BCUT2D eigenvalue weighted by Crippen LogP contribution is -2.46. The van der Waals surface area contributed by atoms with Crippen molar-refractivity contribution in [3.8, 4) is 17.0 Å². The van der Waals surface area contributed by atoms with Crippen molar-refractivity contribution in [2.75, 3.05) is 30.4 Å². The van der Waals surface area contributed by atoms with Crippen LogP contribution in [0.3, 0.4) is 0 Å². The van der Waals surface area contributed by atoms with Crippen LogP contribution in [0.4, 0.5) is 17.2 Å². The number of ether oxygens (including phenoxy) is 1. The molecule has 6 rings (SSSR count). The van der Waals surface area contributed by atoms with E-state index in [1.54, 1.807) is 13.3 Å². The first-order valence-electron chi connectivity index (χ1n) is 11.9. The number of aromatic nitrogens is 3. The second-order valence-corrected chi connectivity index (χ2v) is 9.55. The molecule has 1 fully saturated rings. The molecule has 35 heavy (non-hydrogen) atoms. The van der Waals surface area contributed by atoms with Gasteiger partial charge < -0.3 is 24.5 Å². The van der Waals surface area contributed by atoms with Crippen molar-refractivity contribution in [2.45, 2.75) is 31.9 Å². The van der Waals surface area contributed by atoms with Crippen LogP contribution in [0.1, 0.15) is 30.9 Å². The van der Waals surface area contributed by atoms with Crippen LogP contribution in [0.5, 0.6) is 5.75 Å². The molecule has 178 valence electrons. The van der Waals surface area contributed by atoms with Gasteiger partial charge in [-0.25, -0.2) is 9.97 Å². The zero-order chi connectivity index (χ0) is 24.0. The van der Waals surface area contributed by atoms with Gasteiger partial charge in [-0.2, -0.15) is 0 Å². The number of nitrogens with one attached hydrogen (secondary N) is 1. The van der Waals surface area contributed by atoms with E-state index in [-0.39, 0.29) is 0 Å². The van der Waals surface area contributed by atoms with Gasteiger partial charge in [0.25, 0.3) is 0 Å². The first-order valence-corrected chi connectivity index (χ1v) is 11.9. The van der Waals surface area contributed by atoms with Gasteiger partial charge in [0.05, 0.1) is 30.6 Å². The smallest absolute Gasteiger partial charge is 0.180 e. The highest BCUT2D eigenvalue weighted by Crippen LogP contribution is 2.36. The minimum absolute atomic E-state index is 0.584. The van der Waals surface area contributed by atoms with Crippen LogP contribution in [0.2, 0.25) is 0 Å². The van der Waals surface area contributed by atoms with Crippen molar-refractivity contribution in [3.05, 3.63) is 66.1 Å². The largest absolute Gasteiger partial charge is 0.495 e. The number of piperidine rings is 1. The molecule has 8 nitrogen and oxygen atoms in total. The number of methoxy groups -OCH3 is 1. The molecule has 1 unspecified atom stereocenters. The van der Waals surface area contributed by atoms with Crippen LogP contribution < -0.4 is 15.0 Å². The van der Waals surface area contributed by atoms with E-state index in [9.17, 15) is 5.11 Å². The number of hydrogen-bond donors (Lipinski definition) is 2. The van der Waals surface area contributed by atoms with Gasteiger partial charge in [-0.3, -0.25) is 4.99 Å². The van der Waals surface area contributed by atoms with E-state index in [0.717, 1.165) is 53.4 Å².